The van der Waals surface area contributed by atoms with E-state index in [9.17, 15) is 0 Å². The van der Waals surface area contributed by atoms with E-state index in [1.807, 2.05) is 0 Å². The van der Waals surface area contributed by atoms with Crippen LogP contribution in [0.4, 0.5) is 0 Å². The van der Waals surface area contributed by atoms with E-state index in [0.29, 0.717) is 5.92 Å². The molecule has 12 heavy (non-hydrogen) atoms. The molecule has 0 fully saturated rings. The Morgan fingerprint density at radius 2 is 2.17 bits per heavy atom. The van der Waals surface area contributed by atoms with Crippen LogP contribution in [-0.2, 0) is 0 Å². The van der Waals surface area contributed by atoms with Crippen LogP contribution in [0.1, 0.15) is 25.5 Å². The van der Waals surface area contributed by atoms with E-state index in [4.69, 9.17) is 5.84 Å². The first-order chi connectivity index (χ1) is 5.66. The monoisotopic (exact) mass is 248 g/mol. The molecule has 4 heteroatoms. The third kappa shape index (κ3) is 2.07. The lowest BCUT2D eigenvalue weighted by Crippen LogP contribution is -2.31. The second-order valence-electron chi connectivity index (χ2n) is 3.06. The molecule has 0 amide bonds. The number of hydrogen-bond acceptors (Lipinski definition) is 3. The van der Waals surface area contributed by atoms with Crippen LogP contribution in [0.5, 0.6) is 0 Å². The third-order valence-electron chi connectivity index (χ3n) is 1.82. The molecule has 0 radical (unpaired) electrons. The quantitative estimate of drug-likeness (QED) is 0.638. The lowest BCUT2D eigenvalue weighted by Gasteiger charge is -2.19. The van der Waals surface area contributed by atoms with Crippen LogP contribution in [0, 0.1) is 5.92 Å². The number of nitrogens with one attached hydrogen (secondary N) is 1. The fourth-order valence-corrected chi connectivity index (χ4v) is 2.73. The van der Waals surface area contributed by atoms with Crippen molar-refractivity contribution in [3.8, 4) is 0 Å². The van der Waals surface area contributed by atoms with Gasteiger partial charge in [-0.05, 0) is 32.8 Å². The minimum absolute atomic E-state index is 0.241. The lowest BCUT2D eigenvalue weighted by molar-refractivity contribution is 0.421. The van der Waals surface area contributed by atoms with Gasteiger partial charge in [-0.15, -0.1) is 0 Å². The minimum Gasteiger partial charge on any atom is -0.271 e. The Morgan fingerprint density at radius 1 is 1.50 bits per heavy atom. The van der Waals surface area contributed by atoms with Gasteiger partial charge in [0.05, 0.1) is 6.04 Å². The zero-order valence-electron chi connectivity index (χ0n) is 7.17. The van der Waals surface area contributed by atoms with Gasteiger partial charge in [-0.1, -0.05) is 13.8 Å². The summed E-state index contributed by atoms with van der Waals surface area (Å²) in [5, 5.41) is 4.19. The molecule has 68 valence electrons. The van der Waals surface area contributed by atoms with E-state index in [1.165, 1.54) is 5.56 Å². The summed E-state index contributed by atoms with van der Waals surface area (Å²) in [6.45, 7) is 4.29. The van der Waals surface area contributed by atoms with Gasteiger partial charge in [-0.25, -0.2) is 0 Å². The fourth-order valence-electron chi connectivity index (χ4n) is 1.15. The molecule has 1 aromatic rings. The van der Waals surface area contributed by atoms with Gasteiger partial charge in [0, 0.05) is 9.85 Å². The fraction of sp³-hybridized carbons (Fsp3) is 0.500. The first kappa shape index (κ1) is 10.2. The second kappa shape index (κ2) is 4.37. The first-order valence-corrected chi connectivity index (χ1v) is 5.58. The molecule has 3 N–H and O–H groups in total. The summed E-state index contributed by atoms with van der Waals surface area (Å²) in [4.78, 5) is 0. The van der Waals surface area contributed by atoms with Crippen molar-refractivity contribution in [2.75, 3.05) is 0 Å². The van der Waals surface area contributed by atoms with Gasteiger partial charge in [0.25, 0.3) is 0 Å². The average Bonchev–Trinajstić information content (AvgIpc) is 2.38. The zero-order valence-corrected chi connectivity index (χ0v) is 9.58. The number of hydrazine groups is 1. The Bertz CT molecular complexity index is 247. The molecule has 0 aliphatic carbocycles. The van der Waals surface area contributed by atoms with Crippen LogP contribution in [-0.4, -0.2) is 0 Å². The normalized spacial score (nSPS) is 13.8. The Labute approximate surface area is 85.3 Å². The number of rotatable bonds is 3. The molecular formula is C8H13BrN2S. The van der Waals surface area contributed by atoms with Crippen molar-refractivity contribution in [2.45, 2.75) is 19.9 Å². The maximum Gasteiger partial charge on any atom is 0.0502 e. The highest BCUT2D eigenvalue weighted by Crippen LogP contribution is 2.30. The molecule has 0 bridgehead atoms. The molecule has 0 saturated heterocycles. The predicted octanol–water partition coefficient (Wildman–Crippen LogP) is 2.67. The Hall–Kier alpha value is 0.100. The van der Waals surface area contributed by atoms with Crippen molar-refractivity contribution in [2.24, 2.45) is 11.8 Å². The number of halogens is 1. The number of thiophene rings is 1. The molecule has 2 nitrogen and oxygen atoms in total. The Morgan fingerprint density at radius 3 is 2.50 bits per heavy atom. The van der Waals surface area contributed by atoms with Gasteiger partial charge in [0.15, 0.2) is 0 Å². The smallest absolute Gasteiger partial charge is 0.0502 e. The molecule has 0 aliphatic heterocycles. The summed E-state index contributed by atoms with van der Waals surface area (Å²) in [6, 6.07) is 0.241. The van der Waals surface area contributed by atoms with E-state index in [2.05, 4.69) is 46.0 Å². The second-order valence-corrected chi connectivity index (χ2v) is 4.66. The summed E-state index contributed by atoms with van der Waals surface area (Å²) < 4.78 is 1.14. The summed E-state index contributed by atoms with van der Waals surface area (Å²) >= 11 is 5.18. The Balaban J connectivity index is 2.87. The summed E-state index contributed by atoms with van der Waals surface area (Å²) in [6.07, 6.45) is 0. The number of nitrogens with two attached hydrogens (primary N) is 1. The first-order valence-electron chi connectivity index (χ1n) is 3.84. The molecule has 0 aromatic carbocycles. The topological polar surface area (TPSA) is 38.0 Å². The maximum atomic E-state index is 5.47. The molecule has 1 atom stereocenters. The van der Waals surface area contributed by atoms with Crippen molar-refractivity contribution >= 4 is 27.3 Å². The third-order valence-corrected chi connectivity index (χ3v) is 3.58. The number of hydrogen-bond donors (Lipinski definition) is 2. The Kier molecular flexibility index (Phi) is 3.71. The van der Waals surface area contributed by atoms with Crippen LogP contribution in [0.15, 0.2) is 15.2 Å². The predicted molar refractivity (Wildman–Crippen MR) is 56.9 cm³/mol. The summed E-state index contributed by atoms with van der Waals surface area (Å²) in [5.74, 6) is 5.97. The molecule has 0 saturated carbocycles. The van der Waals surface area contributed by atoms with Crippen LogP contribution in [0.3, 0.4) is 0 Å². The largest absolute Gasteiger partial charge is 0.271 e. The van der Waals surface area contributed by atoms with Crippen molar-refractivity contribution in [3.63, 3.8) is 0 Å². The van der Waals surface area contributed by atoms with Gasteiger partial charge in [0.1, 0.15) is 0 Å². The van der Waals surface area contributed by atoms with Crippen molar-refractivity contribution in [1.82, 2.24) is 5.43 Å². The highest BCUT2D eigenvalue weighted by Gasteiger charge is 2.16. The van der Waals surface area contributed by atoms with E-state index >= 15 is 0 Å². The molecule has 1 unspecified atom stereocenters. The van der Waals surface area contributed by atoms with Crippen LogP contribution in [0.2, 0.25) is 0 Å². The SMILES string of the molecule is CC(C)C(NN)c1cscc1Br. The molecule has 1 rings (SSSR count). The van der Waals surface area contributed by atoms with E-state index in [-0.39, 0.29) is 6.04 Å². The minimum atomic E-state index is 0.241. The van der Waals surface area contributed by atoms with Gasteiger partial charge in [-0.3, -0.25) is 11.3 Å². The molecule has 1 heterocycles. The average molecular weight is 249 g/mol. The van der Waals surface area contributed by atoms with Gasteiger partial charge in [0.2, 0.25) is 0 Å². The van der Waals surface area contributed by atoms with Gasteiger partial charge in [-0.2, -0.15) is 11.3 Å². The van der Waals surface area contributed by atoms with Gasteiger partial charge < -0.3 is 0 Å². The molecule has 1 aromatic heterocycles. The molecule has 0 spiro atoms. The van der Waals surface area contributed by atoms with Crippen molar-refractivity contribution in [3.05, 3.63) is 20.8 Å². The maximum absolute atomic E-state index is 5.47. The van der Waals surface area contributed by atoms with Crippen LogP contribution >= 0.6 is 27.3 Å². The summed E-state index contributed by atoms with van der Waals surface area (Å²) in [7, 11) is 0. The van der Waals surface area contributed by atoms with Crippen molar-refractivity contribution in [1.29, 1.82) is 0 Å². The zero-order chi connectivity index (χ0) is 9.14. The lowest BCUT2D eigenvalue weighted by atomic mass is 9.99. The van der Waals surface area contributed by atoms with Crippen molar-refractivity contribution < 1.29 is 0 Å². The van der Waals surface area contributed by atoms with Crippen LogP contribution < -0.4 is 11.3 Å². The summed E-state index contributed by atoms with van der Waals surface area (Å²) in [5.41, 5.74) is 4.07. The molecule has 0 aliphatic rings. The highest BCUT2D eigenvalue weighted by atomic mass is 79.9. The van der Waals surface area contributed by atoms with E-state index in [0.717, 1.165) is 4.47 Å². The van der Waals surface area contributed by atoms with E-state index < -0.39 is 0 Å². The standard InChI is InChI=1S/C8H13BrN2S/c1-5(2)8(11-10)6-3-12-4-7(6)9/h3-5,8,11H,10H2,1-2H3. The van der Waals surface area contributed by atoms with Gasteiger partial charge >= 0.3 is 0 Å². The molecular weight excluding hydrogens is 236 g/mol. The van der Waals surface area contributed by atoms with E-state index in [1.54, 1.807) is 11.3 Å². The highest BCUT2D eigenvalue weighted by molar-refractivity contribution is 9.10. The van der Waals surface area contributed by atoms with Crippen LogP contribution in [0.25, 0.3) is 0 Å².